The van der Waals surface area contributed by atoms with E-state index in [1.54, 1.807) is 0 Å². The zero-order valence-electron chi connectivity index (χ0n) is 5.71. The summed E-state index contributed by atoms with van der Waals surface area (Å²) in [6.45, 7) is 4.89. The highest BCUT2D eigenvalue weighted by molar-refractivity contribution is 4.75. The number of hydrogen-bond acceptors (Lipinski definition) is 3. The van der Waals surface area contributed by atoms with Crippen molar-refractivity contribution in [2.24, 2.45) is 0 Å². The van der Waals surface area contributed by atoms with Crippen molar-refractivity contribution in [3.8, 4) is 0 Å². The maximum Gasteiger partial charge on any atom is 0.134 e. The van der Waals surface area contributed by atoms with Crippen molar-refractivity contribution >= 4 is 0 Å². The zero-order valence-corrected chi connectivity index (χ0v) is 5.71. The summed E-state index contributed by atoms with van der Waals surface area (Å²) in [5.41, 5.74) is 0. The summed E-state index contributed by atoms with van der Waals surface area (Å²) in [5, 5.41) is 8.70. The van der Waals surface area contributed by atoms with Gasteiger partial charge in [0.1, 0.15) is 6.23 Å². The van der Waals surface area contributed by atoms with Crippen molar-refractivity contribution in [2.75, 3.05) is 26.3 Å². The van der Waals surface area contributed by atoms with Crippen molar-refractivity contribution in [1.29, 1.82) is 0 Å². The topological polar surface area (TPSA) is 32.5 Å². The molecule has 0 spiro atoms. The van der Waals surface area contributed by atoms with Crippen LogP contribution in [0.1, 0.15) is 6.92 Å². The van der Waals surface area contributed by atoms with Crippen LogP contribution in [0, 0.1) is 0 Å². The predicted octanol–water partition coefficient (Wildman–Crippen LogP) is -0.343. The van der Waals surface area contributed by atoms with Gasteiger partial charge in [0, 0.05) is 19.7 Å². The standard InChI is InChI=1S/C6H13NO2/c1-2-9-6(5-8)7-3-4-7/h6,8H,2-5H2,1H3. The third-order valence-electron chi connectivity index (χ3n) is 1.40. The number of hydrogen-bond donors (Lipinski definition) is 1. The minimum absolute atomic E-state index is 0.0324. The maximum absolute atomic E-state index is 8.70. The van der Waals surface area contributed by atoms with Gasteiger partial charge in [-0.15, -0.1) is 0 Å². The molecule has 3 heteroatoms. The molecule has 1 aliphatic rings. The van der Waals surface area contributed by atoms with Crippen LogP contribution in [0.25, 0.3) is 0 Å². The molecule has 1 aliphatic heterocycles. The van der Waals surface area contributed by atoms with E-state index in [1.807, 2.05) is 6.92 Å². The van der Waals surface area contributed by atoms with Gasteiger partial charge in [-0.2, -0.15) is 0 Å². The Balaban J connectivity index is 2.12. The van der Waals surface area contributed by atoms with Crippen LogP contribution in [-0.4, -0.2) is 42.5 Å². The molecular weight excluding hydrogens is 118 g/mol. The second-order valence-electron chi connectivity index (χ2n) is 2.13. The summed E-state index contributed by atoms with van der Waals surface area (Å²) in [6.07, 6.45) is -0.0324. The van der Waals surface area contributed by atoms with Crippen molar-refractivity contribution < 1.29 is 9.84 Å². The molecule has 1 heterocycles. The van der Waals surface area contributed by atoms with Crippen molar-refractivity contribution in [2.45, 2.75) is 13.2 Å². The second-order valence-corrected chi connectivity index (χ2v) is 2.13. The molecule has 0 bridgehead atoms. The second kappa shape index (κ2) is 3.15. The summed E-state index contributed by atoms with van der Waals surface area (Å²) in [6, 6.07) is 0. The normalized spacial score (nSPS) is 22.0. The van der Waals surface area contributed by atoms with E-state index in [2.05, 4.69) is 4.90 Å². The van der Waals surface area contributed by atoms with Crippen LogP contribution in [0.2, 0.25) is 0 Å². The highest BCUT2D eigenvalue weighted by Crippen LogP contribution is 2.10. The number of ether oxygens (including phenoxy) is 1. The Kier molecular flexibility index (Phi) is 2.45. The quantitative estimate of drug-likeness (QED) is 0.530. The van der Waals surface area contributed by atoms with Gasteiger partial charge < -0.3 is 9.84 Å². The van der Waals surface area contributed by atoms with Gasteiger partial charge in [-0.25, -0.2) is 0 Å². The molecule has 1 saturated heterocycles. The average molecular weight is 131 g/mol. The lowest BCUT2D eigenvalue weighted by atomic mass is 10.6. The Morgan fingerprint density at radius 3 is 2.67 bits per heavy atom. The first-order valence-corrected chi connectivity index (χ1v) is 3.35. The Bertz CT molecular complexity index is 83.1. The fourth-order valence-electron chi connectivity index (χ4n) is 0.812. The van der Waals surface area contributed by atoms with E-state index in [9.17, 15) is 0 Å². The number of nitrogens with zero attached hydrogens (tertiary/aromatic N) is 1. The van der Waals surface area contributed by atoms with Gasteiger partial charge in [-0.3, -0.25) is 4.90 Å². The molecule has 0 amide bonds. The molecular formula is C6H13NO2. The van der Waals surface area contributed by atoms with Crippen LogP contribution in [-0.2, 0) is 4.74 Å². The van der Waals surface area contributed by atoms with E-state index < -0.39 is 0 Å². The largest absolute Gasteiger partial charge is 0.392 e. The molecule has 0 radical (unpaired) electrons. The summed E-state index contributed by atoms with van der Waals surface area (Å²) in [4.78, 5) is 2.09. The van der Waals surface area contributed by atoms with E-state index in [4.69, 9.17) is 9.84 Å². The fraction of sp³-hybridized carbons (Fsp3) is 1.00. The van der Waals surface area contributed by atoms with Gasteiger partial charge >= 0.3 is 0 Å². The monoisotopic (exact) mass is 131 g/mol. The highest BCUT2D eigenvalue weighted by Gasteiger charge is 2.26. The molecule has 1 rings (SSSR count). The molecule has 1 atom stereocenters. The van der Waals surface area contributed by atoms with Gasteiger partial charge in [0.15, 0.2) is 0 Å². The first-order valence-electron chi connectivity index (χ1n) is 3.35. The molecule has 9 heavy (non-hydrogen) atoms. The van der Waals surface area contributed by atoms with E-state index in [-0.39, 0.29) is 12.8 Å². The Morgan fingerprint density at radius 2 is 2.33 bits per heavy atom. The molecule has 54 valence electrons. The minimum Gasteiger partial charge on any atom is -0.392 e. The molecule has 1 fully saturated rings. The van der Waals surface area contributed by atoms with Crippen molar-refractivity contribution in [3.63, 3.8) is 0 Å². The minimum atomic E-state index is -0.0324. The molecule has 0 aromatic carbocycles. The number of rotatable bonds is 4. The van der Waals surface area contributed by atoms with E-state index in [0.717, 1.165) is 13.1 Å². The Hall–Kier alpha value is -0.120. The lowest BCUT2D eigenvalue weighted by Crippen LogP contribution is -2.26. The predicted molar refractivity (Wildman–Crippen MR) is 34.1 cm³/mol. The highest BCUT2D eigenvalue weighted by atomic mass is 16.5. The molecule has 0 aromatic heterocycles. The smallest absolute Gasteiger partial charge is 0.134 e. The summed E-state index contributed by atoms with van der Waals surface area (Å²) < 4.78 is 5.19. The summed E-state index contributed by atoms with van der Waals surface area (Å²) in [7, 11) is 0. The van der Waals surface area contributed by atoms with E-state index in [1.165, 1.54) is 0 Å². The van der Waals surface area contributed by atoms with Crippen LogP contribution >= 0.6 is 0 Å². The van der Waals surface area contributed by atoms with Crippen LogP contribution < -0.4 is 0 Å². The Labute approximate surface area is 55.2 Å². The summed E-state index contributed by atoms with van der Waals surface area (Å²) in [5.74, 6) is 0. The SMILES string of the molecule is CCOC(CO)N1CC1. The van der Waals surface area contributed by atoms with Gasteiger partial charge in [-0.1, -0.05) is 0 Å². The molecule has 3 nitrogen and oxygen atoms in total. The molecule has 0 saturated carbocycles. The van der Waals surface area contributed by atoms with E-state index in [0.29, 0.717) is 6.61 Å². The van der Waals surface area contributed by atoms with E-state index >= 15 is 0 Å². The third-order valence-corrected chi connectivity index (χ3v) is 1.40. The molecule has 0 aromatic rings. The first kappa shape index (κ1) is 6.99. The Morgan fingerprint density at radius 1 is 1.67 bits per heavy atom. The molecule has 0 aliphatic carbocycles. The van der Waals surface area contributed by atoms with Gasteiger partial charge in [-0.05, 0) is 6.92 Å². The number of aliphatic hydroxyl groups is 1. The van der Waals surface area contributed by atoms with Crippen molar-refractivity contribution in [1.82, 2.24) is 4.90 Å². The molecule has 1 unspecified atom stereocenters. The zero-order chi connectivity index (χ0) is 6.69. The summed E-state index contributed by atoms with van der Waals surface area (Å²) >= 11 is 0. The average Bonchev–Trinajstić information content (AvgIpc) is 2.64. The van der Waals surface area contributed by atoms with Crippen LogP contribution in [0.4, 0.5) is 0 Å². The lowest BCUT2D eigenvalue weighted by molar-refractivity contribution is -0.0376. The van der Waals surface area contributed by atoms with Crippen LogP contribution in [0.5, 0.6) is 0 Å². The van der Waals surface area contributed by atoms with Crippen LogP contribution in [0.3, 0.4) is 0 Å². The first-order chi connectivity index (χ1) is 4.38. The van der Waals surface area contributed by atoms with Gasteiger partial charge in [0.2, 0.25) is 0 Å². The number of aliphatic hydroxyl groups excluding tert-OH is 1. The van der Waals surface area contributed by atoms with Crippen LogP contribution in [0.15, 0.2) is 0 Å². The lowest BCUT2D eigenvalue weighted by Gasteiger charge is -2.13. The third kappa shape index (κ3) is 1.93. The molecule has 1 N–H and O–H groups in total. The maximum atomic E-state index is 8.70. The van der Waals surface area contributed by atoms with Gasteiger partial charge in [0.05, 0.1) is 6.61 Å². The van der Waals surface area contributed by atoms with Gasteiger partial charge in [0.25, 0.3) is 0 Å². The van der Waals surface area contributed by atoms with Crippen molar-refractivity contribution in [3.05, 3.63) is 0 Å². The fourth-order valence-corrected chi connectivity index (χ4v) is 0.812.